The summed E-state index contributed by atoms with van der Waals surface area (Å²) in [4.78, 5) is 17.3. The molecule has 0 aliphatic heterocycles. The highest BCUT2D eigenvalue weighted by Crippen LogP contribution is 2.27. The van der Waals surface area contributed by atoms with Crippen molar-refractivity contribution in [3.05, 3.63) is 87.7 Å². The number of aromatic nitrogens is 4. The Balaban J connectivity index is 1.33. The number of ether oxygens (including phenoxy) is 1. The van der Waals surface area contributed by atoms with Crippen LogP contribution < -0.4 is 15.9 Å². The summed E-state index contributed by atoms with van der Waals surface area (Å²) >= 11 is 12.2. The summed E-state index contributed by atoms with van der Waals surface area (Å²) in [6.45, 7) is -0.263. The van der Waals surface area contributed by atoms with Crippen molar-refractivity contribution in [2.45, 2.75) is 13.2 Å². The van der Waals surface area contributed by atoms with Crippen LogP contribution in [0.25, 0.3) is 22.6 Å². The number of carbonyl (C=O) groups is 1. The quantitative estimate of drug-likeness (QED) is 0.207. The number of nitrogens with zero attached hydrogens (tertiary/aromatic N) is 5. The van der Waals surface area contributed by atoms with Gasteiger partial charge in [-0.05, 0) is 52.8 Å². The first-order valence-electron chi connectivity index (χ1n) is 11.1. The number of rotatable bonds is 8. The number of para-hydroxylation sites is 2. The molecule has 0 radical (unpaired) electrons. The molecule has 0 atom stereocenters. The fourth-order valence-corrected chi connectivity index (χ4v) is 4.09. The lowest BCUT2D eigenvalue weighted by atomic mass is 10.2. The Morgan fingerprint density at radius 2 is 2.00 bits per heavy atom. The molecule has 192 valence electrons. The smallest absolute Gasteiger partial charge is 0.260 e. The number of hydrogen-bond donors (Lipinski definition) is 2. The molecule has 0 saturated carbocycles. The number of imidazole rings is 1. The second kappa shape index (κ2) is 10.9. The molecule has 0 bridgehead atoms. The standard InChI is InChI=1S/C25H18Cl2FN7O3/c26-15-8-9-21(37-13-16-17(27)4-3-5-18(16)28)14(10-15)11-30-32-22(36)12-35-20-7-2-1-6-19(20)31-25(35)23-24(29)34-38-33-23/h1-11H,12-13H2,(H2,29,34)(H,32,36)/b30-11+. The Morgan fingerprint density at radius 1 is 1.16 bits per heavy atom. The van der Waals surface area contributed by atoms with Crippen molar-refractivity contribution < 1.29 is 18.6 Å². The molecular formula is C25H18Cl2FN7O3. The van der Waals surface area contributed by atoms with E-state index in [1.165, 1.54) is 18.3 Å². The van der Waals surface area contributed by atoms with Gasteiger partial charge in [-0.25, -0.2) is 19.4 Å². The molecule has 3 N–H and O–H groups in total. The van der Waals surface area contributed by atoms with Crippen molar-refractivity contribution in [1.82, 2.24) is 25.3 Å². The number of halogens is 3. The van der Waals surface area contributed by atoms with Gasteiger partial charge in [-0.3, -0.25) is 4.79 Å². The summed E-state index contributed by atoms with van der Waals surface area (Å²) in [5, 5.41) is 12.1. The van der Waals surface area contributed by atoms with Crippen LogP contribution in [0, 0.1) is 5.82 Å². The van der Waals surface area contributed by atoms with Crippen molar-refractivity contribution in [2.75, 3.05) is 5.73 Å². The maximum Gasteiger partial charge on any atom is 0.260 e. The van der Waals surface area contributed by atoms with Crippen molar-refractivity contribution in [1.29, 1.82) is 0 Å². The molecule has 5 aromatic rings. The molecule has 2 aromatic heterocycles. The Kier molecular flexibility index (Phi) is 7.20. The van der Waals surface area contributed by atoms with Gasteiger partial charge >= 0.3 is 0 Å². The van der Waals surface area contributed by atoms with Gasteiger partial charge < -0.3 is 15.0 Å². The molecule has 5 rings (SSSR count). The second-order valence-electron chi connectivity index (χ2n) is 7.97. The van der Waals surface area contributed by atoms with Gasteiger partial charge in [0.15, 0.2) is 17.3 Å². The summed E-state index contributed by atoms with van der Waals surface area (Å²) in [6.07, 6.45) is 1.37. The molecule has 0 spiro atoms. The van der Waals surface area contributed by atoms with E-state index in [1.807, 2.05) is 18.2 Å². The number of nitrogens with one attached hydrogen (secondary N) is 1. The fraction of sp³-hybridized carbons (Fsp3) is 0.0800. The molecule has 0 saturated heterocycles. The molecule has 1 amide bonds. The number of nitrogens with two attached hydrogens (primary N) is 1. The average Bonchev–Trinajstić information content (AvgIpc) is 3.48. The van der Waals surface area contributed by atoms with Crippen LogP contribution in [0.1, 0.15) is 11.1 Å². The number of hydrogen-bond acceptors (Lipinski definition) is 8. The van der Waals surface area contributed by atoms with Crippen molar-refractivity contribution >= 4 is 52.2 Å². The van der Waals surface area contributed by atoms with E-state index < -0.39 is 11.7 Å². The van der Waals surface area contributed by atoms with Gasteiger partial charge in [-0.2, -0.15) is 5.10 Å². The SMILES string of the molecule is Nc1nonc1-c1nc2ccccc2n1CC(=O)N/N=C/c1cc(Cl)ccc1OCc1c(F)cccc1Cl. The van der Waals surface area contributed by atoms with E-state index in [2.05, 4.69) is 25.8 Å². The monoisotopic (exact) mass is 553 g/mol. The van der Waals surface area contributed by atoms with Gasteiger partial charge in [0.1, 0.15) is 24.7 Å². The lowest BCUT2D eigenvalue weighted by Gasteiger charge is -2.11. The highest BCUT2D eigenvalue weighted by atomic mass is 35.5. The molecule has 0 fully saturated rings. The second-order valence-corrected chi connectivity index (χ2v) is 8.82. The van der Waals surface area contributed by atoms with E-state index in [9.17, 15) is 9.18 Å². The lowest BCUT2D eigenvalue weighted by molar-refractivity contribution is -0.121. The number of anilines is 1. The van der Waals surface area contributed by atoms with Crippen LogP contribution in [-0.4, -0.2) is 32.0 Å². The first kappa shape index (κ1) is 25.2. The van der Waals surface area contributed by atoms with E-state index >= 15 is 0 Å². The van der Waals surface area contributed by atoms with Crippen LogP contribution in [0.4, 0.5) is 10.2 Å². The molecule has 3 aromatic carbocycles. The van der Waals surface area contributed by atoms with Gasteiger partial charge in [0, 0.05) is 16.1 Å². The zero-order valence-electron chi connectivity index (χ0n) is 19.4. The maximum absolute atomic E-state index is 14.1. The van der Waals surface area contributed by atoms with Crippen molar-refractivity contribution in [3.8, 4) is 17.3 Å². The summed E-state index contributed by atoms with van der Waals surface area (Å²) in [5.41, 5.74) is 10.5. The Labute approximate surface area is 224 Å². The molecule has 0 aliphatic carbocycles. The van der Waals surface area contributed by atoms with E-state index in [1.54, 1.807) is 34.9 Å². The van der Waals surface area contributed by atoms with Crippen LogP contribution in [0.3, 0.4) is 0 Å². The average molecular weight is 554 g/mol. The predicted octanol–water partition coefficient (Wildman–Crippen LogP) is 4.84. The van der Waals surface area contributed by atoms with Crippen LogP contribution in [-0.2, 0) is 17.9 Å². The highest BCUT2D eigenvalue weighted by Gasteiger charge is 2.20. The third-order valence-corrected chi connectivity index (χ3v) is 6.07. The van der Waals surface area contributed by atoms with E-state index in [4.69, 9.17) is 38.3 Å². The Morgan fingerprint density at radius 3 is 2.79 bits per heavy atom. The first-order chi connectivity index (χ1) is 18.4. The highest BCUT2D eigenvalue weighted by molar-refractivity contribution is 6.31. The van der Waals surface area contributed by atoms with Crippen LogP contribution in [0.5, 0.6) is 5.75 Å². The molecular weight excluding hydrogens is 536 g/mol. The summed E-state index contributed by atoms with van der Waals surface area (Å²) in [7, 11) is 0. The zero-order chi connectivity index (χ0) is 26.6. The summed E-state index contributed by atoms with van der Waals surface area (Å²) in [5.74, 6) is -0.206. The van der Waals surface area contributed by atoms with Crippen molar-refractivity contribution in [2.24, 2.45) is 5.10 Å². The van der Waals surface area contributed by atoms with E-state index in [-0.39, 0.29) is 35.2 Å². The third kappa shape index (κ3) is 5.29. The molecule has 0 unspecified atom stereocenters. The van der Waals surface area contributed by atoms with E-state index in [0.29, 0.717) is 33.2 Å². The number of amides is 1. The summed E-state index contributed by atoms with van der Waals surface area (Å²) < 4.78 is 26.2. The van der Waals surface area contributed by atoms with Gasteiger partial charge in [0.25, 0.3) is 5.91 Å². The first-order valence-corrected chi connectivity index (χ1v) is 11.9. The minimum Gasteiger partial charge on any atom is -0.488 e. The third-order valence-electron chi connectivity index (χ3n) is 5.48. The predicted molar refractivity (Wildman–Crippen MR) is 140 cm³/mol. The van der Waals surface area contributed by atoms with Crippen molar-refractivity contribution in [3.63, 3.8) is 0 Å². The van der Waals surface area contributed by atoms with E-state index in [0.717, 1.165) is 0 Å². The van der Waals surface area contributed by atoms with Crippen LogP contribution in [0.15, 0.2) is 70.4 Å². The van der Waals surface area contributed by atoms with Crippen LogP contribution >= 0.6 is 23.2 Å². The Hall–Kier alpha value is -4.48. The fourth-order valence-electron chi connectivity index (χ4n) is 3.69. The number of benzene rings is 3. The van der Waals surface area contributed by atoms with Gasteiger partial charge in [0.2, 0.25) is 0 Å². The van der Waals surface area contributed by atoms with Gasteiger partial charge in [0.05, 0.1) is 22.3 Å². The number of nitrogen functional groups attached to an aromatic ring is 1. The molecule has 0 aliphatic rings. The normalized spacial score (nSPS) is 11.3. The maximum atomic E-state index is 14.1. The number of hydrazone groups is 1. The van der Waals surface area contributed by atoms with Gasteiger partial charge in [-0.1, -0.05) is 41.4 Å². The minimum absolute atomic E-state index is 0.0464. The molecule has 13 heteroatoms. The number of carbonyl (C=O) groups excluding carboxylic acids is 1. The topological polar surface area (TPSA) is 133 Å². The molecule has 2 heterocycles. The molecule has 38 heavy (non-hydrogen) atoms. The van der Waals surface area contributed by atoms with Gasteiger partial charge in [-0.15, -0.1) is 0 Å². The largest absolute Gasteiger partial charge is 0.488 e. The Bertz CT molecular complexity index is 1650. The summed E-state index contributed by atoms with van der Waals surface area (Å²) in [6, 6.07) is 16.5. The minimum atomic E-state index is -0.483. The van der Waals surface area contributed by atoms with Crippen LogP contribution in [0.2, 0.25) is 10.0 Å². The molecule has 10 nitrogen and oxygen atoms in total. The zero-order valence-corrected chi connectivity index (χ0v) is 20.9. The number of fused-ring (bicyclic) bond motifs is 1. The lowest BCUT2D eigenvalue weighted by Crippen LogP contribution is -2.23.